The summed E-state index contributed by atoms with van der Waals surface area (Å²) in [5.41, 5.74) is 7.84. The van der Waals surface area contributed by atoms with Gasteiger partial charge in [0.2, 0.25) is 5.88 Å². The molecule has 1 aliphatic carbocycles. The smallest absolute Gasteiger partial charge is 0.213 e. The van der Waals surface area contributed by atoms with Crippen molar-refractivity contribution in [1.29, 1.82) is 5.41 Å². The Hall–Kier alpha value is -3.81. The zero-order valence-corrected chi connectivity index (χ0v) is 20.9. The molecule has 7 nitrogen and oxygen atoms in total. The maximum atomic E-state index is 15.9. The van der Waals surface area contributed by atoms with Crippen molar-refractivity contribution in [2.75, 3.05) is 11.9 Å². The van der Waals surface area contributed by atoms with Crippen LogP contribution in [0.5, 0.6) is 17.4 Å². The number of rotatable bonds is 11. The minimum absolute atomic E-state index is 0.0217. The van der Waals surface area contributed by atoms with Crippen molar-refractivity contribution in [2.24, 2.45) is 5.73 Å². The van der Waals surface area contributed by atoms with E-state index < -0.39 is 11.9 Å². The molecule has 2 aromatic carbocycles. The number of anilines is 1. The summed E-state index contributed by atoms with van der Waals surface area (Å²) in [6.45, 7) is 6.00. The summed E-state index contributed by atoms with van der Waals surface area (Å²) in [7, 11) is 0. The molecule has 1 fully saturated rings. The van der Waals surface area contributed by atoms with Crippen LogP contribution in [0.25, 0.3) is 0 Å². The highest BCUT2D eigenvalue weighted by molar-refractivity contribution is 5.95. The molecular weight excluding hydrogens is 459 g/mol. The summed E-state index contributed by atoms with van der Waals surface area (Å²) in [6.07, 6.45) is 3.13. The molecule has 3 aromatic rings. The second-order valence-corrected chi connectivity index (χ2v) is 9.06. The first kappa shape index (κ1) is 25.3. The van der Waals surface area contributed by atoms with Gasteiger partial charge in [0, 0.05) is 28.9 Å². The quantitative estimate of drug-likeness (QED) is 0.230. The van der Waals surface area contributed by atoms with E-state index in [1.165, 1.54) is 0 Å². The van der Waals surface area contributed by atoms with Crippen molar-refractivity contribution in [1.82, 2.24) is 4.98 Å². The molecule has 36 heavy (non-hydrogen) atoms. The normalized spacial score (nSPS) is 14.1. The number of ether oxygens (including phenoxy) is 3. The van der Waals surface area contributed by atoms with Crippen molar-refractivity contribution in [3.63, 3.8) is 0 Å². The number of amidine groups is 1. The monoisotopic (exact) mass is 492 g/mol. The lowest BCUT2D eigenvalue weighted by Gasteiger charge is -2.27. The zero-order chi connectivity index (χ0) is 25.7. The molecule has 4 rings (SSSR count). The van der Waals surface area contributed by atoms with Crippen LogP contribution in [0.2, 0.25) is 0 Å². The highest BCUT2D eigenvalue weighted by Crippen LogP contribution is 2.36. The second kappa shape index (κ2) is 11.3. The van der Waals surface area contributed by atoms with E-state index in [-0.39, 0.29) is 23.8 Å². The Bertz CT molecular complexity index is 1200. The second-order valence-electron chi connectivity index (χ2n) is 9.06. The van der Waals surface area contributed by atoms with E-state index in [4.69, 9.17) is 30.3 Å². The summed E-state index contributed by atoms with van der Waals surface area (Å²) >= 11 is 0. The number of hydrogen-bond acceptors (Lipinski definition) is 6. The lowest BCUT2D eigenvalue weighted by Crippen LogP contribution is -2.25. The summed E-state index contributed by atoms with van der Waals surface area (Å²) in [6, 6.07) is 15.2. The van der Waals surface area contributed by atoms with Gasteiger partial charge in [0.25, 0.3) is 0 Å². The number of nitrogens with two attached hydrogens (primary N) is 1. The molecule has 1 aliphatic rings. The Balaban J connectivity index is 1.78. The Kier molecular flexibility index (Phi) is 7.93. The number of benzene rings is 2. The SMILES string of the molecule is CCOc1cc(OC(C)C)c(F)c(C(Nc2ccc(C(=N)N)cc2)c2cccc(OC3CCC3)n2)c1. The predicted octanol–water partition coefficient (Wildman–Crippen LogP) is 5.82. The van der Waals surface area contributed by atoms with Gasteiger partial charge < -0.3 is 25.3 Å². The van der Waals surface area contributed by atoms with Gasteiger partial charge in [-0.25, -0.2) is 9.37 Å². The van der Waals surface area contributed by atoms with Crippen LogP contribution in [0.1, 0.15) is 62.9 Å². The number of halogens is 1. The molecule has 0 aliphatic heterocycles. The number of pyridine rings is 1. The fraction of sp³-hybridized carbons (Fsp3) is 0.357. The van der Waals surface area contributed by atoms with Crippen molar-refractivity contribution in [3.8, 4) is 17.4 Å². The number of nitrogens with one attached hydrogen (secondary N) is 2. The molecule has 0 bridgehead atoms. The first-order valence-corrected chi connectivity index (χ1v) is 12.3. The van der Waals surface area contributed by atoms with E-state index in [1.807, 2.05) is 39.0 Å². The standard InChI is InChI=1S/C28H33FN4O3/c1-4-34-21-15-22(26(29)24(16-21)35-17(2)3)27(32-19-13-11-18(12-14-19)28(30)31)23-9-6-10-25(33-23)36-20-7-5-8-20/h6,9-17,20,27,32H,4-5,7-8H2,1-3H3,(H3,30,31). The van der Waals surface area contributed by atoms with Gasteiger partial charge in [0.15, 0.2) is 11.6 Å². The van der Waals surface area contributed by atoms with Gasteiger partial charge in [-0.05, 0) is 76.4 Å². The maximum Gasteiger partial charge on any atom is 0.213 e. The van der Waals surface area contributed by atoms with Crippen LogP contribution in [0.3, 0.4) is 0 Å². The number of aromatic nitrogens is 1. The van der Waals surface area contributed by atoms with Crippen LogP contribution in [0.15, 0.2) is 54.6 Å². The lowest BCUT2D eigenvalue weighted by atomic mass is 9.96. The highest BCUT2D eigenvalue weighted by atomic mass is 19.1. The van der Waals surface area contributed by atoms with Crippen molar-refractivity contribution in [2.45, 2.75) is 58.3 Å². The average molecular weight is 493 g/mol. The van der Waals surface area contributed by atoms with E-state index in [2.05, 4.69) is 5.32 Å². The van der Waals surface area contributed by atoms with E-state index in [9.17, 15) is 0 Å². The highest BCUT2D eigenvalue weighted by Gasteiger charge is 2.26. The van der Waals surface area contributed by atoms with Crippen LogP contribution in [-0.4, -0.2) is 29.6 Å². The third-order valence-corrected chi connectivity index (χ3v) is 5.91. The van der Waals surface area contributed by atoms with Gasteiger partial charge in [-0.1, -0.05) is 6.07 Å². The van der Waals surface area contributed by atoms with E-state index in [0.717, 1.165) is 19.3 Å². The van der Waals surface area contributed by atoms with Gasteiger partial charge in [-0.2, -0.15) is 0 Å². The first-order chi connectivity index (χ1) is 17.3. The summed E-state index contributed by atoms with van der Waals surface area (Å²) in [4.78, 5) is 4.73. The average Bonchev–Trinajstić information content (AvgIpc) is 2.82. The summed E-state index contributed by atoms with van der Waals surface area (Å²) in [5.74, 6) is 0.622. The van der Waals surface area contributed by atoms with Crippen LogP contribution in [0, 0.1) is 11.2 Å². The Morgan fingerprint density at radius 1 is 1.17 bits per heavy atom. The largest absolute Gasteiger partial charge is 0.494 e. The molecule has 0 spiro atoms. The van der Waals surface area contributed by atoms with Crippen LogP contribution in [-0.2, 0) is 0 Å². The van der Waals surface area contributed by atoms with Crippen LogP contribution in [0.4, 0.5) is 10.1 Å². The molecule has 0 saturated heterocycles. The number of hydrogen-bond donors (Lipinski definition) is 3. The molecule has 1 unspecified atom stereocenters. The predicted molar refractivity (Wildman–Crippen MR) is 139 cm³/mol. The maximum absolute atomic E-state index is 15.9. The van der Waals surface area contributed by atoms with Crippen molar-refractivity contribution < 1.29 is 18.6 Å². The van der Waals surface area contributed by atoms with E-state index in [1.54, 1.807) is 36.4 Å². The van der Waals surface area contributed by atoms with Gasteiger partial charge >= 0.3 is 0 Å². The van der Waals surface area contributed by atoms with E-state index >= 15 is 4.39 Å². The Labute approximate surface area is 211 Å². The van der Waals surface area contributed by atoms with Gasteiger partial charge in [-0.3, -0.25) is 5.41 Å². The molecule has 1 aromatic heterocycles. The van der Waals surface area contributed by atoms with Crippen LogP contribution < -0.4 is 25.3 Å². The van der Waals surface area contributed by atoms with Crippen molar-refractivity contribution in [3.05, 3.63) is 77.2 Å². The van der Waals surface area contributed by atoms with Gasteiger partial charge in [0.05, 0.1) is 24.4 Å². The fourth-order valence-electron chi connectivity index (χ4n) is 3.93. The number of nitrogens with zero attached hydrogens (tertiary/aromatic N) is 1. The molecule has 1 saturated carbocycles. The molecule has 0 radical (unpaired) electrons. The topological polar surface area (TPSA) is 102 Å². The lowest BCUT2D eigenvalue weighted by molar-refractivity contribution is 0.114. The van der Waals surface area contributed by atoms with Crippen LogP contribution >= 0.6 is 0 Å². The summed E-state index contributed by atoms with van der Waals surface area (Å²) < 4.78 is 33.5. The molecule has 0 amide bonds. The molecular formula is C28H33FN4O3. The van der Waals surface area contributed by atoms with Gasteiger partial charge in [-0.15, -0.1) is 0 Å². The molecule has 8 heteroatoms. The molecule has 4 N–H and O–H groups in total. The minimum Gasteiger partial charge on any atom is -0.494 e. The third kappa shape index (κ3) is 6.05. The Morgan fingerprint density at radius 2 is 1.92 bits per heavy atom. The fourth-order valence-corrected chi connectivity index (χ4v) is 3.93. The van der Waals surface area contributed by atoms with E-state index in [0.29, 0.717) is 40.7 Å². The Morgan fingerprint density at radius 3 is 2.53 bits per heavy atom. The summed E-state index contributed by atoms with van der Waals surface area (Å²) in [5, 5.41) is 11.0. The third-order valence-electron chi connectivity index (χ3n) is 5.91. The first-order valence-electron chi connectivity index (χ1n) is 12.3. The molecule has 1 heterocycles. The zero-order valence-electron chi connectivity index (χ0n) is 20.9. The van der Waals surface area contributed by atoms with Crippen molar-refractivity contribution >= 4 is 11.5 Å². The molecule has 1 atom stereocenters. The molecule has 190 valence electrons. The number of nitrogen functional groups attached to an aromatic ring is 1. The van der Waals surface area contributed by atoms with Gasteiger partial charge in [0.1, 0.15) is 17.7 Å². The minimum atomic E-state index is -0.673.